The smallest absolute Gasteiger partial charge is 0.345 e. The lowest BCUT2D eigenvalue weighted by atomic mass is 9.87. The van der Waals surface area contributed by atoms with Crippen LogP contribution < -0.4 is 5.43 Å². The lowest BCUT2D eigenvalue weighted by molar-refractivity contribution is 0.0702. The van der Waals surface area contributed by atoms with Gasteiger partial charge < -0.3 is 5.11 Å². The molecule has 5 nitrogen and oxygen atoms in total. The van der Waals surface area contributed by atoms with Gasteiger partial charge in [-0.15, -0.1) is 11.3 Å². The van der Waals surface area contributed by atoms with Crippen LogP contribution in [0.5, 0.6) is 0 Å². The number of hydrazone groups is 1. The van der Waals surface area contributed by atoms with Crippen LogP contribution in [0.15, 0.2) is 41.5 Å². The zero-order valence-corrected chi connectivity index (χ0v) is 14.9. The summed E-state index contributed by atoms with van der Waals surface area (Å²) < 4.78 is 0. The van der Waals surface area contributed by atoms with Crippen LogP contribution in [-0.2, 0) is 5.41 Å². The van der Waals surface area contributed by atoms with Crippen LogP contribution in [0.25, 0.3) is 0 Å². The summed E-state index contributed by atoms with van der Waals surface area (Å²) in [7, 11) is 0. The summed E-state index contributed by atoms with van der Waals surface area (Å²) in [5, 5.41) is 13.0. The van der Waals surface area contributed by atoms with Gasteiger partial charge in [-0.1, -0.05) is 32.9 Å². The van der Waals surface area contributed by atoms with Crippen LogP contribution in [0.4, 0.5) is 0 Å². The Balaban J connectivity index is 2.07. The molecule has 0 atom stereocenters. The Bertz CT molecular complexity index is 783. The Kier molecular flexibility index (Phi) is 5.19. The molecule has 1 aromatic carbocycles. The molecule has 0 bridgehead atoms. The summed E-state index contributed by atoms with van der Waals surface area (Å²) >= 11 is 1.12. The molecule has 0 saturated heterocycles. The number of carboxylic acid groups (broad SMARTS) is 1. The number of hydrogen-bond donors (Lipinski definition) is 2. The second kappa shape index (κ2) is 6.97. The fraction of sp³-hybridized carbons (Fsp3) is 0.278. The maximum Gasteiger partial charge on any atom is 0.345 e. The SMILES string of the molecule is C/C(=N/NC(=O)c1ccc(C(C)(C)C)cc1)c1ccc(C(=O)O)s1. The first-order valence-corrected chi connectivity index (χ1v) is 8.29. The Hall–Kier alpha value is -2.47. The summed E-state index contributed by atoms with van der Waals surface area (Å²) in [6.07, 6.45) is 0. The maximum absolute atomic E-state index is 12.1. The van der Waals surface area contributed by atoms with Gasteiger partial charge in [0.15, 0.2) is 0 Å². The molecule has 0 spiro atoms. The quantitative estimate of drug-likeness (QED) is 0.652. The van der Waals surface area contributed by atoms with Gasteiger partial charge in [-0.05, 0) is 42.2 Å². The van der Waals surface area contributed by atoms with Crippen LogP contribution in [-0.4, -0.2) is 22.7 Å². The van der Waals surface area contributed by atoms with Gasteiger partial charge in [0.1, 0.15) is 4.88 Å². The summed E-state index contributed by atoms with van der Waals surface area (Å²) in [5.74, 6) is -1.27. The number of hydrogen-bond acceptors (Lipinski definition) is 4. The van der Waals surface area contributed by atoms with Crippen molar-refractivity contribution >= 4 is 28.9 Å². The molecule has 6 heteroatoms. The average molecular weight is 344 g/mol. The Morgan fingerprint density at radius 1 is 1.04 bits per heavy atom. The van der Waals surface area contributed by atoms with Gasteiger partial charge in [0.25, 0.3) is 5.91 Å². The highest BCUT2D eigenvalue weighted by Crippen LogP contribution is 2.22. The Morgan fingerprint density at radius 3 is 2.12 bits per heavy atom. The van der Waals surface area contributed by atoms with Crippen LogP contribution in [0.2, 0.25) is 0 Å². The molecule has 2 rings (SSSR count). The van der Waals surface area contributed by atoms with E-state index in [-0.39, 0.29) is 16.2 Å². The molecule has 1 amide bonds. The number of benzene rings is 1. The topological polar surface area (TPSA) is 78.8 Å². The van der Waals surface area contributed by atoms with Gasteiger partial charge in [0.2, 0.25) is 0 Å². The number of carbonyl (C=O) groups excluding carboxylic acids is 1. The third-order valence-electron chi connectivity index (χ3n) is 3.51. The van der Waals surface area contributed by atoms with E-state index in [1.165, 1.54) is 6.07 Å². The van der Waals surface area contributed by atoms with E-state index >= 15 is 0 Å². The van der Waals surface area contributed by atoms with Crippen LogP contribution >= 0.6 is 11.3 Å². The predicted octanol–water partition coefficient (Wildman–Crippen LogP) is 3.90. The number of nitrogens with zero attached hydrogens (tertiary/aromatic N) is 1. The molecule has 1 aromatic heterocycles. The van der Waals surface area contributed by atoms with Gasteiger partial charge in [-0.25, -0.2) is 10.2 Å². The first-order chi connectivity index (χ1) is 11.2. The summed E-state index contributed by atoms with van der Waals surface area (Å²) in [6.45, 7) is 8.06. The van der Waals surface area contributed by atoms with Crippen molar-refractivity contribution in [3.8, 4) is 0 Å². The molecule has 126 valence electrons. The highest BCUT2D eigenvalue weighted by atomic mass is 32.1. The monoisotopic (exact) mass is 344 g/mol. The third kappa shape index (κ3) is 4.29. The number of amides is 1. The van der Waals surface area contributed by atoms with Gasteiger partial charge in [-0.2, -0.15) is 5.10 Å². The lowest BCUT2D eigenvalue weighted by Crippen LogP contribution is -2.19. The minimum absolute atomic E-state index is 0.0325. The van der Waals surface area contributed by atoms with Crippen molar-refractivity contribution in [3.05, 3.63) is 57.3 Å². The number of carboxylic acids is 1. The summed E-state index contributed by atoms with van der Waals surface area (Å²) in [4.78, 5) is 24.0. The number of carbonyl (C=O) groups is 2. The Labute approximate surface area is 145 Å². The molecule has 2 aromatic rings. The molecular weight excluding hydrogens is 324 g/mol. The minimum Gasteiger partial charge on any atom is -0.477 e. The van der Waals surface area contributed by atoms with E-state index in [2.05, 4.69) is 31.3 Å². The molecule has 0 aliphatic carbocycles. The van der Waals surface area contributed by atoms with Crippen molar-refractivity contribution < 1.29 is 14.7 Å². The van der Waals surface area contributed by atoms with Gasteiger partial charge >= 0.3 is 5.97 Å². The van der Waals surface area contributed by atoms with Crippen molar-refractivity contribution in [3.63, 3.8) is 0 Å². The van der Waals surface area contributed by atoms with E-state index in [9.17, 15) is 9.59 Å². The highest BCUT2D eigenvalue weighted by Gasteiger charge is 2.14. The van der Waals surface area contributed by atoms with Crippen LogP contribution in [0, 0.1) is 0 Å². The molecule has 0 fully saturated rings. The summed E-state index contributed by atoms with van der Waals surface area (Å²) in [5.41, 5.74) is 4.77. The molecule has 0 aliphatic rings. The van der Waals surface area contributed by atoms with E-state index in [1.807, 2.05) is 12.1 Å². The fourth-order valence-electron chi connectivity index (χ4n) is 2.02. The van der Waals surface area contributed by atoms with Gasteiger partial charge in [0.05, 0.1) is 10.6 Å². The molecule has 0 radical (unpaired) electrons. The van der Waals surface area contributed by atoms with E-state index in [4.69, 9.17) is 5.11 Å². The minimum atomic E-state index is -0.970. The second-order valence-electron chi connectivity index (χ2n) is 6.43. The van der Waals surface area contributed by atoms with E-state index < -0.39 is 5.97 Å². The molecule has 0 saturated carbocycles. The molecule has 0 unspecified atom stereocenters. The highest BCUT2D eigenvalue weighted by molar-refractivity contribution is 7.15. The van der Waals surface area contributed by atoms with Crippen molar-refractivity contribution in [2.45, 2.75) is 33.1 Å². The largest absolute Gasteiger partial charge is 0.477 e. The van der Waals surface area contributed by atoms with Crippen molar-refractivity contribution in [2.75, 3.05) is 0 Å². The first kappa shape index (κ1) is 17.9. The zero-order chi connectivity index (χ0) is 17.9. The summed E-state index contributed by atoms with van der Waals surface area (Å²) in [6, 6.07) is 10.6. The molecule has 24 heavy (non-hydrogen) atoms. The van der Waals surface area contributed by atoms with E-state index in [0.717, 1.165) is 16.9 Å². The average Bonchev–Trinajstić information content (AvgIpc) is 3.02. The molecule has 0 aliphatic heterocycles. The number of thiophene rings is 1. The first-order valence-electron chi connectivity index (χ1n) is 7.47. The Morgan fingerprint density at radius 2 is 1.62 bits per heavy atom. The van der Waals surface area contributed by atoms with E-state index in [1.54, 1.807) is 25.1 Å². The third-order valence-corrected chi connectivity index (χ3v) is 4.69. The van der Waals surface area contributed by atoms with Gasteiger partial charge in [0, 0.05) is 5.56 Å². The molecule has 2 N–H and O–H groups in total. The maximum atomic E-state index is 12.1. The van der Waals surface area contributed by atoms with Gasteiger partial charge in [-0.3, -0.25) is 4.79 Å². The normalized spacial score (nSPS) is 12.1. The number of rotatable bonds is 4. The second-order valence-corrected chi connectivity index (χ2v) is 7.52. The zero-order valence-electron chi connectivity index (χ0n) is 14.1. The van der Waals surface area contributed by atoms with E-state index in [0.29, 0.717) is 16.2 Å². The van der Waals surface area contributed by atoms with Crippen molar-refractivity contribution in [1.82, 2.24) is 5.43 Å². The fourth-order valence-corrected chi connectivity index (χ4v) is 2.81. The molecule has 1 heterocycles. The van der Waals surface area contributed by atoms with Crippen LogP contribution in [0.3, 0.4) is 0 Å². The number of aromatic carboxylic acids is 1. The standard InChI is InChI=1S/C18H20N2O3S/c1-11(14-9-10-15(24-14)17(22)23)19-20-16(21)12-5-7-13(8-6-12)18(2,3)4/h5-10H,1-4H3,(H,20,21)(H,22,23)/b19-11-. The van der Waals surface area contributed by atoms with Crippen molar-refractivity contribution in [1.29, 1.82) is 0 Å². The molecular formula is C18H20N2O3S. The number of nitrogens with one attached hydrogen (secondary N) is 1. The predicted molar refractivity (Wildman–Crippen MR) is 96.1 cm³/mol. The lowest BCUT2D eigenvalue weighted by Gasteiger charge is -2.18. The van der Waals surface area contributed by atoms with Crippen molar-refractivity contribution in [2.24, 2.45) is 5.10 Å². The van der Waals surface area contributed by atoms with Crippen LogP contribution in [0.1, 0.15) is 58.2 Å².